The summed E-state index contributed by atoms with van der Waals surface area (Å²) in [5.74, 6) is 3.32. The van der Waals surface area contributed by atoms with Gasteiger partial charge in [0.25, 0.3) is 0 Å². The van der Waals surface area contributed by atoms with E-state index in [2.05, 4.69) is 31.1 Å². The van der Waals surface area contributed by atoms with Gasteiger partial charge in [-0.25, -0.2) is 4.68 Å². The molecule has 1 heterocycles. The highest BCUT2D eigenvalue weighted by Crippen LogP contribution is 2.19. The minimum Gasteiger partial charge on any atom is -0.381 e. The van der Waals surface area contributed by atoms with Crippen molar-refractivity contribution in [2.75, 3.05) is 17.2 Å². The molecule has 0 atom stereocenters. The summed E-state index contributed by atoms with van der Waals surface area (Å²) in [7, 11) is 0. The maximum absolute atomic E-state index is 5.77. The van der Waals surface area contributed by atoms with Crippen molar-refractivity contribution < 1.29 is 0 Å². The van der Waals surface area contributed by atoms with Crippen molar-refractivity contribution in [2.45, 2.75) is 39.7 Å². The summed E-state index contributed by atoms with van der Waals surface area (Å²) in [5, 5.41) is 7.99. The highest BCUT2D eigenvalue weighted by atomic mass is 32.2. The Kier molecular flexibility index (Phi) is 4.94. The number of rotatable bonds is 6. The van der Waals surface area contributed by atoms with Gasteiger partial charge in [0.05, 0.1) is 5.69 Å². The Morgan fingerprint density at radius 2 is 2.20 bits per heavy atom. The summed E-state index contributed by atoms with van der Waals surface area (Å²) in [5.41, 5.74) is 6.84. The molecule has 0 aliphatic carbocycles. The Balaban J connectivity index is 2.53. The molecule has 1 aromatic heterocycles. The summed E-state index contributed by atoms with van der Waals surface area (Å²) in [6.45, 7) is 7.33. The van der Waals surface area contributed by atoms with Crippen molar-refractivity contribution in [3.8, 4) is 0 Å². The number of aryl methyl sites for hydroxylation is 1. The molecule has 2 N–H and O–H groups in total. The van der Waals surface area contributed by atoms with Crippen LogP contribution in [0.25, 0.3) is 0 Å². The zero-order valence-electron chi connectivity index (χ0n) is 9.73. The highest BCUT2D eigenvalue weighted by Gasteiger charge is 2.12. The van der Waals surface area contributed by atoms with Crippen LogP contribution in [0.3, 0.4) is 0 Å². The van der Waals surface area contributed by atoms with E-state index in [1.807, 2.05) is 16.4 Å². The van der Waals surface area contributed by atoms with Crippen molar-refractivity contribution in [1.82, 2.24) is 15.0 Å². The Bertz CT molecular complexity index is 296. The SMILES string of the molecule is CCSCCCn1nnc(N)c1C(C)C. The van der Waals surface area contributed by atoms with Gasteiger partial charge in [-0.3, -0.25) is 0 Å². The van der Waals surface area contributed by atoms with E-state index in [4.69, 9.17) is 5.73 Å². The second-order valence-corrected chi connectivity index (χ2v) is 5.18. The molecule has 0 aliphatic heterocycles. The van der Waals surface area contributed by atoms with Crippen molar-refractivity contribution in [3.63, 3.8) is 0 Å². The lowest BCUT2D eigenvalue weighted by Crippen LogP contribution is -2.08. The lowest BCUT2D eigenvalue weighted by molar-refractivity contribution is 0.544. The van der Waals surface area contributed by atoms with Crippen LogP contribution in [0.5, 0.6) is 0 Å². The maximum atomic E-state index is 5.77. The fourth-order valence-corrected chi connectivity index (χ4v) is 2.18. The van der Waals surface area contributed by atoms with Gasteiger partial charge in [-0.05, 0) is 23.8 Å². The molecule has 1 aromatic rings. The third-order valence-corrected chi connectivity index (χ3v) is 3.20. The first kappa shape index (κ1) is 12.4. The van der Waals surface area contributed by atoms with Gasteiger partial charge < -0.3 is 5.73 Å². The molecular weight excluding hydrogens is 208 g/mol. The number of nitrogens with two attached hydrogens (primary N) is 1. The number of hydrogen-bond donors (Lipinski definition) is 1. The molecule has 1 rings (SSSR count). The molecule has 0 unspecified atom stereocenters. The molecule has 86 valence electrons. The molecule has 0 radical (unpaired) electrons. The average molecular weight is 228 g/mol. The van der Waals surface area contributed by atoms with Crippen LogP contribution in [0.4, 0.5) is 5.82 Å². The van der Waals surface area contributed by atoms with E-state index in [-0.39, 0.29) is 0 Å². The standard InChI is InChI=1S/C10H20N4S/c1-4-15-7-5-6-14-9(8(2)3)10(11)12-13-14/h8H,4-7,11H2,1-3H3. The first-order chi connectivity index (χ1) is 7.16. The quantitative estimate of drug-likeness (QED) is 0.758. The molecule has 4 nitrogen and oxygen atoms in total. The predicted molar refractivity (Wildman–Crippen MR) is 66.1 cm³/mol. The lowest BCUT2D eigenvalue weighted by atomic mass is 10.1. The lowest BCUT2D eigenvalue weighted by Gasteiger charge is -2.09. The number of thioether (sulfide) groups is 1. The molecular formula is C10H20N4S. The fourth-order valence-electron chi connectivity index (χ4n) is 1.55. The van der Waals surface area contributed by atoms with Crippen LogP contribution in [0, 0.1) is 0 Å². The summed E-state index contributed by atoms with van der Waals surface area (Å²) in [6, 6.07) is 0. The Labute approximate surface area is 95.6 Å². The van der Waals surface area contributed by atoms with Crippen LogP contribution in [-0.2, 0) is 6.54 Å². The van der Waals surface area contributed by atoms with E-state index < -0.39 is 0 Å². The number of nitrogens with zero attached hydrogens (tertiary/aromatic N) is 3. The molecule has 0 aliphatic rings. The molecule has 15 heavy (non-hydrogen) atoms. The zero-order chi connectivity index (χ0) is 11.3. The summed E-state index contributed by atoms with van der Waals surface area (Å²) >= 11 is 1.96. The van der Waals surface area contributed by atoms with Gasteiger partial charge in [-0.15, -0.1) is 5.10 Å². The number of hydrogen-bond acceptors (Lipinski definition) is 4. The summed E-state index contributed by atoms with van der Waals surface area (Å²) < 4.78 is 1.94. The normalized spacial score (nSPS) is 11.2. The Hall–Kier alpha value is -0.710. The molecule has 0 saturated heterocycles. The second-order valence-electron chi connectivity index (χ2n) is 3.79. The average Bonchev–Trinajstić information content (AvgIpc) is 2.54. The predicted octanol–water partition coefficient (Wildman–Crippen LogP) is 2.13. The number of anilines is 1. The third kappa shape index (κ3) is 3.41. The number of aromatic nitrogens is 3. The van der Waals surface area contributed by atoms with Crippen molar-refractivity contribution in [1.29, 1.82) is 0 Å². The van der Waals surface area contributed by atoms with Gasteiger partial charge in [0.15, 0.2) is 5.82 Å². The van der Waals surface area contributed by atoms with Crippen LogP contribution in [0.2, 0.25) is 0 Å². The second kappa shape index (κ2) is 6.00. The van der Waals surface area contributed by atoms with Gasteiger partial charge in [-0.1, -0.05) is 26.0 Å². The largest absolute Gasteiger partial charge is 0.381 e. The van der Waals surface area contributed by atoms with E-state index in [0.717, 1.165) is 18.7 Å². The smallest absolute Gasteiger partial charge is 0.169 e. The Morgan fingerprint density at radius 1 is 1.47 bits per heavy atom. The van der Waals surface area contributed by atoms with Crippen molar-refractivity contribution in [2.24, 2.45) is 0 Å². The molecule has 0 spiro atoms. The van der Waals surface area contributed by atoms with E-state index in [1.54, 1.807) is 0 Å². The van der Waals surface area contributed by atoms with Gasteiger partial charge in [-0.2, -0.15) is 11.8 Å². The Morgan fingerprint density at radius 3 is 2.80 bits per heavy atom. The molecule has 5 heteroatoms. The molecule has 0 amide bonds. The minimum absolute atomic E-state index is 0.388. The van der Waals surface area contributed by atoms with Crippen LogP contribution in [0.1, 0.15) is 38.8 Å². The van der Waals surface area contributed by atoms with Crippen molar-refractivity contribution in [3.05, 3.63) is 5.69 Å². The highest BCUT2D eigenvalue weighted by molar-refractivity contribution is 7.99. The van der Waals surface area contributed by atoms with Crippen LogP contribution in [0.15, 0.2) is 0 Å². The van der Waals surface area contributed by atoms with E-state index in [0.29, 0.717) is 11.7 Å². The van der Waals surface area contributed by atoms with Crippen LogP contribution in [-0.4, -0.2) is 26.5 Å². The monoisotopic (exact) mass is 228 g/mol. The first-order valence-corrected chi connectivity index (χ1v) is 6.58. The fraction of sp³-hybridized carbons (Fsp3) is 0.800. The first-order valence-electron chi connectivity index (χ1n) is 5.43. The maximum Gasteiger partial charge on any atom is 0.169 e. The van der Waals surface area contributed by atoms with E-state index in [1.165, 1.54) is 11.5 Å². The number of nitrogen functional groups attached to an aromatic ring is 1. The minimum atomic E-state index is 0.388. The van der Waals surface area contributed by atoms with Crippen LogP contribution < -0.4 is 5.73 Å². The molecule has 0 saturated carbocycles. The third-order valence-electron chi connectivity index (χ3n) is 2.21. The topological polar surface area (TPSA) is 56.7 Å². The van der Waals surface area contributed by atoms with Gasteiger partial charge in [0.2, 0.25) is 0 Å². The van der Waals surface area contributed by atoms with Gasteiger partial charge >= 0.3 is 0 Å². The zero-order valence-corrected chi connectivity index (χ0v) is 10.5. The van der Waals surface area contributed by atoms with E-state index >= 15 is 0 Å². The van der Waals surface area contributed by atoms with Gasteiger partial charge in [0.1, 0.15) is 0 Å². The summed E-state index contributed by atoms with van der Waals surface area (Å²) in [4.78, 5) is 0. The molecule has 0 bridgehead atoms. The molecule has 0 aromatic carbocycles. The van der Waals surface area contributed by atoms with Gasteiger partial charge in [0, 0.05) is 6.54 Å². The van der Waals surface area contributed by atoms with E-state index in [9.17, 15) is 0 Å². The van der Waals surface area contributed by atoms with Crippen LogP contribution >= 0.6 is 11.8 Å². The molecule has 0 fully saturated rings. The summed E-state index contributed by atoms with van der Waals surface area (Å²) in [6.07, 6.45) is 1.13. The van der Waals surface area contributed by atoms with Crippen molar-refractivity contribution >= 4 is 17.6 Å².